The molecule has 108 valence electrons. The predicted molar refractivity (Wildman–Crippen MR) is 90.0 cm³/mol. The van der Waals surface area contributed by atoms with Crippen molar-refractivity contribution in [3.05, 3.63) is 48.7 Å². The number of halogens is 3. The van der Waals surface area contributed by atoms with Gasteiger partial charge in [0, 0.05) is 20.7 Å². The first-order chi connectivity index (χ1) is 9.54. The summed E-state index contributed by atoms with van der Waals surface area (Å²) < 4.78 is 8.59. The van der Waals surface area contributed by atoms with Crippen molar-refractivity contribution >= 4 is 50.1 Å². The maximum absolute atomic E-state index is 10.6. The van der Waals surface area contributed by atoms with Gasteiger partial charge >= 0.3 is 0 Å². The van der Waals surface area contributed by atoms with Crippen molar-refractivity contribution in [1.82, 2.24) is 9.78 Å². The second-order valence-corrected chi connectivity index (χ2v) is 6.67. The number of aromatic nitrogens is 2. The Morgan fingerprint density at radius 1 is 1.55 bits per heavy atom. The molecule has 7 heteroatoms. The van der Waals surface area contributed by atoms with E-state index in [1.165, 1.54) is 6.20 Å². The Bertz CT molecular complexity index is 606. The summed E-state index contributed by atoms with van der Waals surface area (Å²) in [5, 5.41) is 15.3. The van der Waals surface area contributed by atoms with Gasteiger partial charge in [0.2, 0.25) is 0 Å². The van der Waals surface area contributed by atoms with Crippen molar-refractivity contribution in [1.29, 1.82) is 0 Å². The first-order valence-electron chi connectivity index (χ1n) is 5.87. The van der Waals surface area contributed by atoms with Crippen molar-refractivity contribution in [3.63, 3.8) is 0 Å². The summed E-state index contributed by atoms with van der Waals surface area (Å²) in [7, 11) is 1.62. The lowest BCUT2D eigenvalue weighted by atomic mass is 10.1. The Balaban J connectivity index is 2.39. The van der Waals surface area contributed by atoms with E-state index < -0.39 is 6.10 Å². The molecule has 0 saturated carbocycles. The van der Waals surface area contributed by atoms with Crippen molar-refractivity contribution < 1.29 is 9.84 Å². The number of benzene rings is 1. The molecule has 1 heterocycles. The zero-order chi connectivity index (χ0) is 14.7. The van der Waals surface area contributed by atoms with E-state index in [1.54, 1.807) is 11.8 Å². The highest BCUT2D eigenvalue weighted by Gasteiger charge is 2.22. The molecule has 0 aliphatic rings. The van der Waals surface area contributed by atoms with Gasteiger partial charge in [-0.2, -0.15) is 5.10 Å². The van der Waals surface area contributed by atoms with Crippen molar-refractivity contribution in [3.8, 4) is 0 Å². The molecule has 0 aliphatic heterocycles. The second-order valence-electron chi connectivity index (χ2n) is 4.16. The van der Waals surface area contributed by atoms with Gasteiger partial charge in [-0.1, -0.05) is 27.5 Å². The largest absolute Gasteiger partial charge is 0.383 e. The van der Waals surface area contributed by atoms with E-state index in [2.05, 4.69) is 43.6 Å². The molecule has 1 unspecified atom stereocenters. The molecule has 2 aromatic rings. The van der Waals surface area contributed by atoms with Crippen LogP contribution in [-0.2, 0) is 11.3 Å². The highest BCUT2D eigenvalue weighted by atomic mass is 127. The molecular formula is C13H13BrClIN2O2. The maximum Gasteiger partial charge on any atom is 0.123 e. The topological polar surface area (TPSA) is 47.3 Å². The number of methoxy groups -OCH3 is 1. The Kier molecular flexibility index (Phi) is 5.85. The van der Waals surface area contributed by atoms with Gasteiger partial charge in [-0.25, -0.2) is 0 Å². The third kappa shape index (κ3) is 3.54. The van der Waals surface area contributed by atoms with E-state index in [0.29, 0.717) is 23.9 Å². The van der Waals surface area contributed by atoms with Gasteiger partial charge in [-0.3, -0.25) is 4.68 Å². The van der Waals surface area contributed by atoms with Gasteiger partial charge in [0.25, 0.3) is 0 Å². The molecule has 1 aromatic carbocycles. The second kappa shape index (κ2) is 7.22. The monoisotopic (exact) mass is 470 g/mol. The SMILES string of the molecule is COCCn1ncc(Cl)c1C(O)c1cc(I)ccc1Br. The summed E-state index contributed by atoms with van der Waals surface area (Å²) >= 11 is 11.8. The highest BCUT2D eigenvalue weighted by molar-refractivity contribution is 14.1. The van der Waals surface area contributed by atoms with Gasteiger partial charge in [0.05, 0.1) is 30.1 Å². The molecule has 0 aliphatic carbocycles. The highest BCUT2D eigenvalue weighted by Crippen LogP contribution is 2.33. The van der Waals surface area contributed by atoms with Crippen LogP contribution in [0.3, 0.4) is 0 Å². The van der Waals surface area contributed by atoms with Crippen LogP contribution in [0.1, 0.15) is 17.4 Å². The van der Waals surface area contributed by atoms with Crippen LogP contribution < -0.4 is 0 Å². The zero-order valence-electron chi connectivity index (χ0n) is 10.7. The molecule has 0 bridgehead atoms. The lowest BCUT2D eigenvalue weighted by Crippen LogP contribution is -2.14. The first-order valence-corrected chi connectivity index (χ1v) is 8.12. The third-order valence-electron chi connectivity index (χ3n) is 2.85. The minimum absolute atomic E-state index is 0.444. The van der Waals surface area contributed by atoms with E-state index >= 15 is 0 Å². The number of aliphatic hydroxyl groups excluding tert-OH is 1. The zero-order valence-corrected chi connectivity index (χ0v) is 15.2. The minimum Gasteiger partial charge on any atom is -0.383 e. The van der Waals surface area contributed by atoms with E-state index in [-0.39, 0.29) is 0 Å². The summed E-state index contributed by atoms with van der Waals surface area (Å²) in [4.78, 5) is 0. The quantitative estimate of drug-likeness (QED) is 0.678. The molecule has 20 heavy (non-hydrogen) atoms. The van der Waals surface area contributed by atoms with Crippen LogP contribution in [0.4, 0.5) is 0 Å². The Morgan fingerprint density at radius 3 is 3.00 bits per heavy atom. The van der Waals surface area contributed by atoms with E-state index in [1.807, 2.05) is 18.2 Å². The molecule has 1 aromatic heterocycles. The lowest BCUT2D eigenvalue weighted by Gasteiger charge is -2.16. The minimum atomic E-state index is -0.842. The fourth-order valence-electron chi connectivity index (χ4n) is 1.87. The molecule has 1 atom stereocenters. The lowest BCUT2D eigenvalue weighted by molar-refractivity contribution is 0.171. The van der Waals surface area contributed by atoms with Crippen LogP contribution in [0.25, 0.3) is 0 Å². The molecular weight excluding hydrogens is 458 g/mol. The van der Waals surface area contributed by atoms with E-state index in [4.69, 9.17) is 16.3 Å². The van der Waals surface area contributed by atoms with Crippen LogP contribution in [0.15, 0.2) is 28.9 Å². The fourth-order valence-corrected chi connectivity index (χ4v) is 3.09. The predicted octanol–water partition coefficient (Wildman–Crippen LogP) is 3.63. The number of aliphatic hydroxyl groups is 1. The van der Waals surface area contributed by atoms with Crippen LogP contribution in [-0.4, -0.2) is 28.6 Å². The molecule has 0 saturated heterocycles. The van der Waals surface area contributed by atoms with E-state index in [0.717, 1.165) is 13.6 Å². The molecule has 0 amide bonds. The average molecular weight is 472 g/mol. The number of nitrogens with zero attached hydrogens (tertiary/aromatic N) is 2. The number of hydrogen-bond acceptors (Lipinski definition) is 3. The maximum atomic E-state index is 10.6. The standard InChI is InChI=1S/C13H13BrClIN2O2/c1-20-5-4-18-12(11(15)7-17-18)13(19)9-6-8(16)2-3-10(9)14/h2-3,6-7,13,19H,4-5H2,1H3. The molecule has 0 fully saturated rings. The Labute approximate surface area is 144 Å². The van der Waals surface area contributed by atoms with Crippen molar-refractivity contribution in [2.24, 2.45) is 0 Å². The van der Waals surface area contributed by atoms with Crippen LogP contribution >= 0.6 is 50.1 Å². The average Bonchev–Trinajstić information content (AvgIpc) is 2.79. The summed E-state index contributed by atoms with van der Waals surface area (Å²) in [6, 6.07) is 5.79. The first kappa shape index (κ1) is 16.2. The normalized spacial score (nSPS) is 12.7. The van der Waals surface area contributed by atoms with Gasteiger partial charge in [-0.05, 0) is 40.8 Å². The molecule has 4 nitrogen and oxygen atoms in total. The summed E-state index contributed by atoms with van der Waals surface area (Å²) in [5.74, 6) is 0. The van der Waals surface area contributed by atoms with Gasteiger partial charge in [0.1, 0.15) is 6.10 Å². The van der Waals surface area contributed by atoms with Gasteiger partial charge < -0.3 is 9.84 Å². The molecule has 0 radical (unpaired) electrons. The third-order valence-corrected chi connectivity index (χ3v) is 4.54. The van der Waals surface area contributed by atoms with Crippen LogP contribution in [0.5, 0.6) is 0 Å². The Hall–Kier alpha value is -0.150. The fraction of sp³-hybridized carbons (Fsp3) is 0.308. The van der Waals surface area contributed by atoms with Crippen LogP contribution in [0, 0.1) is 3.57 Å². The molecule has 2 rings (SSSR count). The molecule has 1 N–H and O–H groups in total. The van der Waals surface area contributed by atoms with Crippen LogP contribution in [0.2, 0.25) is 5.02 Å². The summed E-state index contributed by atoms with van der Waals surface area (Å²) in [6.07, 6.45) is 0.698. The van der Waals surface area contributed by atoms with Gasteiger partial charge in [0.15, 0.2) is 0 Å². The molecule has 0 spiro atoms. The number of rotatable bonds is 5. The number of ether oxygens (including phenoxy) is 1. The van der Waals surface area contributed by atoms with Crippen molar-refractivity contribution in [2.75, 3.05) is 13.7 Å². The van der Waals surface area contributed by atoms with Crippen molar-refractivity contribution in [2.45, 2.75) is 12.6 Å². The number of hydrogen-bond donors (Lipinski definition) is 1. The van der Waals surface area contributed by atoms with E-state index in [9.17, 15) is 5.11 Å². The smallest absolute Gasteiger partial charge is 0.123 e. The summed E-state index contributed by atoms with van der Waals surface area (Å²) in [5.41, 5.74) is 1.34. The summed E-state index contributed by atoms with van der Waals surface area (Å²) in [6.45, 7) is 1.04. The van der Waals surface area contributed by atoms with Gasteiger partial charge in [-0.15, -0.1) is 0 Å². The Morgan fingerprint density at radius 2 is 2.30 bits per heavy atom.